The minimum Gasteiger partial charge on any atom is -0.497 e. The minimum absolute atomic E-state index is 0.000348. The first-order valence-corrected chi connectivity index (χ1v) is 39.9. The highest BCUT2D eigenvalue weighted by molar-refractivity contribution is 8.02. The van der Waals surface area contributed by atoms with Crippen LogP contribution in [-0.2, 0) is 52.4 Å². The van der Waals surface area contributed by atoms with E-state index < -0.39 is 51.3 Å². The Kier molecular flexibility index (Phi) is 27.1. The highest BCUT2D eigenvalue weighted by atomic mass is 32.2. The van der Waals surface area contributed by atoms with E-state index in [0.717, 1.165) is 113 Å². The number of likely N-dealkylation sites (tertiary alicyclic amines) is 1. The van der Waals surface area contributed by atoms with E-state index in [2.05, 4.69) is 35.8 Å². The third-order valence-electron chi connectivity index (χ3n) is 21.9. The zero-order valence-corrected chi connectivity index (χ0v) is 63.0. The van der Waals surface area contributed by atoms with Crippen LogP contribution < -0.4 is 19.3 Å². The van der Waals surface area contributed by atoms with Gasteiger partial charge in [0.2, 0.25) is 10.0 Å². The number of primary sulfonamides is 1. The summed E-state index contributed by atoms with van der Waals surface area (Å²) in [6.07, 6.45) is 14.7. The largest absolute Gasteiger partial charge is 0.497 e. The molecule has 6 fully saturated rings. The molecule has 22 nitrogen and oxygen atoms in total. The number of nitrogens with zero attached hydrogens (tertiary/aromatic N) is 7. The van der Waals surface area contributed by atoms with Crippen molar-refractivity contribution in [3.8, 4) is 34.0 Å². The van der Waals surface area contributed by atoms with Crippen LogP contribution in [-0.4, -0.2) is 283 Å². The normalized spacial score (nSPS) is 18.5. The Hall–Kier alpha value is -6.71. The predicted octanol–water partition coefficient (Wildman–Crippen LogP) is 4.34. The number of hydrogen-bond donors (Lipinski definition) is 3. The van der Waals surface area contributed by atoms with Crippen LogP contribution in [0.15, 0.2) is 83.9 Å². The Labute approximate surface area is 634 Å². The van der Waals surface area contributed by atoms with Gasteiger partial charge in [0.15, 0.2) is 0 Å². The maximum atomic E-state index is 14.0. The van der Waals surface area contributed by atoms with Gasteiger partial charge in [-0.25, -0.2) is 23.1 Å². The van der Waals surface area contributed by atoms with Gasteiger partial charge in [-0.3, -0.25) is 14.4 Å². The lowest BCUT2D eigenvalue weighted by molar-refractivity contribution is -0.131. The summed E-state index contributed by atoms with van der Waals surface area (Å²) in [7, 11) is 33.4. The molecule has 4 N–H and O–H groups in total. The molecule has 3 amide bonds. The monoisotopic (exact) mass is 1460 g/mol. The fourth-order valence-electron chi connectivity index (χ4n) is 16.0. The number of nitrogens with two attached hydrogens (primary N) is 1. The number of carbonyl (C=O) groups is 4. The fourth-order valence-corrected chi connectivity index (χ4v) is 18.0. The van der Waals surface area contributed by atoms with E-state index in [1.54, 1.807) is 38.5 Å². The van der Waals surface area contributed by atoms with Gasteiger partial charge in [-0.1, -0.05) is 50.7 Å². The molecule has 8 aliphatic rings. The highest BCUT2D eigenvalue weighted by Gasteiger charge is 2.37. The lowest BCUT2D eigenvalue weighted by atomic mass is 8.56. The van der Waals surface area contributed by atoms with Gasteiger partial charge in [0.25, 0.3) is 17.7 Å². The Morgan fingerprint density at radius 2 is 0.991 bits per heavy atom. The SMILES string of the molecule is CN1CCC(S(N)(=O)=O)CC1.COc1ccc2c(c1)C=C(C(=O)N1CCOCC1)Cn1c-2c(C2CCCCC2)c2ccc(C(=O)NS(=O)(=O)N3CCN(C)CC3)cc21.COc1ccc2c(c1)C=C(C(=O)N1CCOCC1)Cn1c-2c(C2CCCCC2)c2ccc(C(=O)O)cc21.[B][B]B([B])B(B([B])[B])B([B])[B]. The number of likely N-dealkylation sites (N-methyl/N-ethyl adjacent to an activating group) is 1. The maximum Gasteiger partial charge on any atom is 0.335 e. The molecule has 0 unspecified atom stereocenters. The lowest BCUT2D eigenvalue weighted by Gasteiger charge is -2.31. The van der Waals surface area contributed by atoms with Crippen LogP contribution in [0.3, 0.4) is 0 Å². The van der Waals surface area contributed by atoms with Crippen LogP contribution in [0.2, 0.25) is 0 Å². The Morgan fingerprint density at radius 3 is 1.39 bits per heavy atom. The van der Waals surface area contributed by atoms with Crippen molar-refractivity contribution in [3.63, 3.8) is 0 Å². The molecule has 541 valence electrons. The van der Waals surface area contributed by atoms with E-state index in [1.165, 1.54) is 48.2 Å². The van der Waals surface area contributed by atoms with Crippen molar-refractivity contribution in [3.05, 3.63) is 117 Å². The van der Waals surface area contributed by atoms with E-state index in [0.29, 0.717) is 133 Å². The molecule has 0 bridgehead atoms. The first kappa shape index (κ1) is 80.3. The summed E-state index contributed by atoms with van der Waals surface area (Å²) in [4.78, 5) is 61.2. The molecule has 6 aromatic rings. The summed E-state index contributed by atoms with van der Waals surface area (Å²) in [5, 5.41) is 16.6. The van der Waals surface area contributed by atoms with Crippen molar-refractivity contribution in [1.29, 1.82) is 0 Å². The summed E-state index contributed by atoms with van der Waals surface area (Å²) >= 11 is 0. The number of sulfonamides is 1. The molecular formula is C71H89B11N9O13S2. The zero-order chi connectivity index (χ0) is 75.7. The van der Waals surface area contributed by atoms with Gasteiger partial charge in [-0.2, -0.15) is 12.7 Å². The van der Waals surface area contributed by atoms with Gasteiger partial charge < -0.3 is 52.8 Å². The minimum atomic E-state index is -4.00. The molecule has 0 atom stereocenters. The number of fused-ring (bicyclic) bond motifs is 10. The second kappa shape index (κ2) is 35.8. The molecule has 35 heteroatoms. The number of aromatic nitrogens is 2. The van der Waals surface area contributed by atoms with Crippen LogP contribution >= 0.6 is 0 Å². The number of morpholine rings is 2. The summed E-state index contributed by atoms with van der Waals surface area (Å²) in [6.45, 7) is 8.49. The number of methoxy groups -OCH3 is 2. The summed E-state index contributed by atoms with van der Waals surface area (Å²) in [5.41, 5.74) is 12.1. The Morgan fingerprint density at radius 1 is 0.566 bits per heavy atom. The van der Waals surface area contributed by atoms with Crippen molar-refractivity contribution in [1.82, 2.24) is 37.8 Å². The first-order chi connectivity index (χ1) is 50.8. The summed E-state index contributed by atoms with van der Waals surface area (Å²) < 4.78 is 78.3. The lowest BCUT2D eigenvalue weighted by Crippen LogP contribution is -2.63. The van der Waals surface area contributed by atoms with Crippen LogP contribution in [0.25, 0.3) is 56.5 Å². The van der Waals surface area contributed by atoms with Gasteiger partial charge in [-0.15, -0.1) is 0 Å². The number of hydrogen-bond acceptors (Lipinski definition) is 14. The van der Waals surface area contributed by atoms with Crippen LogP contribution in [0.1, 0.15) is 132 Å². The third kappa shape index (κ3) is 18.6. The standard InChI is InChI=1S/C35H43N5O6S.C30H32N2O5.C6H14N2O2S.B11/c1-37-12-14-39(15-13-37)47(43,44)36-34(41)25-8-10-30-31(22-25)40-23-27(35(42)38-16-18-46-19-17-38)20-26-21-28(45-2)9-11-29(26)33(40)32(30)24-6-4-3-5-7-24;1-36-23-8-10-24-21(16-23)15-22(29(33)31-11-13-37-14-12-31)18-32-26-17-20(30(34)35)7-9-25(26)27(28(24)32)19-5-3-2-4-6-19;1-8-4-2-6(3-5-8)11(7,9)10;1-7-10(6)11(8(2)3)9(4)5/h8-11,20-22,24H,3-7,12-19,23H2,1-2H3,(H,36,41);7-10,15-17,19H,2-6,11-14,18H2,1H3,(H,34,35);6H,2-5H2,1H3,(H2,7,9,10);. The van der Waals surface area contributed by atoms with Crippen LogP contribution in [0.5, 0.6) is 11.5 Å². The number of amides is 3. The molecule has 4 aromatic carbocycles. The smallest absolute Gasteiger partial charge is 0.335 e. The quantitative estimate of drug-likeness (QED) is 0.121. The summed E-state index contributed by atoms with van der Waals surface area (Å²) in [6, 6.07) is 23.0. The van der Waals surface area contributed by atoms with Gasteiger partial charge in [0, 0.05) is 181 Å². The van der Waals surface area contributed by atoms with E-state index >= 15 is 0 Å². The molecule has 4 saturated heterocycles. The summed E-state index contributed by atoms with van der Waals surface area (Å²) in [5.74, 6) is 0.520. The molecule has 14 rings (SSSR count). The number of piperidine rings is 1. The second-order valence-electron chi connectivity index (χ2n) is 28.9. The molecule has 0 spiro atoms. The number of carboxylic acids is 1. The molecule has 8 heterocycles. The van der Waals surface area contributed by atoms with Crippen molar-refractivity contribution in [2.24, 2.45) is 5.14 Å². The maximum absolute atomic E-state index is 14.0. The van der Waals surface area contributed by atoms with Crippen LogP contribution in [0.4, 0.5) is 0 Å². The zero-order valence-electron chi connectivity index (χ0n) is 61.3. The average Bonchev–Trinajstić information content (AvgIpc) is 1.57. The molecule has 2 aliphatic carbocycles. The number of nitrogens with one attached hydrogen (secondary N) is 1. The molecule has 13 radical (unpaired) electrons. The number of piperazine rings is 1. The highest BCUT2D eigenvalue weighted by Crippen LogP contribution is 2.49. The van der Waals surface area contributed by atoms with E-state index in [9.17, 15) is 41.1 Å². The predicted molar refractivity (Wildman–Crippen MR) is 430 cm³/mol. The number of benzene rings is 4. The Balaban J connectivity index is 0.000000167. The molecular weight excluding hydrogens is 1370 g/mol. The van der Waals surface area contributed by atoms with E-state index in [1.807, 2.05) is 72.4 Å². The molecule has 2 saturated carbocycles. The molecule has 106 heavy (non-hydrogen) atoms. The molecule has 2 aromatic heterocycles. The number of carbonyl (C=O) groups excluding carboxylic acids is 3. The van der Waals surface area contributed by atoms with E-state index in [4.69, 9.17) is 70.5 Å². The number of aromatic carboxylic acids is 1. The van der Waals surface area contributed by atoms with Crippen molar-refractivity contribution < 1.29 is 60.1 Å². The number of carboxylic acid groups (broad SMARTS) is 1. The van der Waals surface area contributed by atoms with Gasteiger partial charge >= 0.3 is 16.2 Å². The average molecular weight is 1460 g/mol. The van der Waals surface area contributed by atoms with Gasteiger partial charge in [-0.05, 0) is 173 Å². The van der Waals surface area contributed by atoms with Crippen molar-refractivity contribution in [2.75, 3.05) is 120 Å². The van der Waals surface area contributed by atoms with Gasteiger partial charge in [0.05, 0.1) is 75.9 Å². The fraction of sp³-hybridized carbons (Fsp3) is 0.493. The van der Waals surface area contributed by atoms with Crippen LogP contribution in [0, 0.1) is 0 Å². The van der Waals surface area contributed by atoms with Gasteiger partial charge in [0.1, 0.15) is 11.5 Å². The molecule has 6 aliphatic heterocycles. The second-order valence-corrected chi connectivity index (χ2v) is 32.4. The van der Waals surface area contributed by atoms with Crippen molar-refractivity contribution >= 4 is 157 Å². The topological polar surface area (TPSA) is 258 Å². The first-order valence-electron chi connectivity index (χ1n) is 36.9. The number of ether oxygens (including phenoxy) is 4. The van der Waals surface area contributed by atoms with E-state index in [-0.39, 0.29) is 34.6 Å². The Bertz CT molecular complexity index is 4460. The third-order valence-corrected chi connectivity index (χ3v) is 24.8. The van der Waals surface area contributed by atoms with Crippen molar-refractivity contribution in [2.45, 2.75) is 107 Å². The number of rotatable bonds is 15.